The highest BCUT2D eigenvalue weighted by atomic mass is 16.4. The summed E-state index contributed by atoms with van der Waals surface area (Å²) in [5, 5.41) is 9.14. The van der Waals surface area contributed by atoms with Crippen LogP contribution in [0, 0.1) is 40.9 Å². The number of carboxylic acid groups (broad SMARTS) is 1. The van der Waals surface area contributed by atoms with Crippen molar-refractivity contribution in [1.29, 1.82) is 0 Å². The number of allylic oxidation sites excluding steroid dienone is 4. The molecule has 7 atom stereocenters. The van der Waals surface area contributed by atoms with Crippen molar-refractivity contribution < 1.29 is 14.7 Å². The Morgan fingerprint density at radius 2 is 1.97 bits per heavy atom. The lowest BCUT2D eigenvalue weighted by molar-refractivity contribution is -0.141. The smallest absolute Gasteiger partial charge is 0.306 e. The highest BCUT2D eigenvalue weighted by Crippen LogP contribution is 2.63. The normalized spacial score (nSPS) is 36.6. The molecule has 0 bridgehead atoms. The number of carbonyl (C=O) groups excluding carboxylic acids is 1. The van der Waals surface area contributed by atoms with Crippen LogP contribution in [0.15, 0.2) is 23.3 Å². The lowest BCUT2D eigenvalue weighted by Gasteiger charge is -2.50. The second-order valence-electron chi connectivity index (χ2n) is 10.8. The molecule has 2 saturated carbocycles. The van der Waals surface area contributed by atoms with Crippen molar-refractivity contribution in [3.8, 4) is 0 Å². The third-order valence-corrected chi connectivity index (χ3v) is 9.10. The van der Waals surface area contributed by atoms with Crippen molar-refractivity contribution in [3.05, 3.63) is 23.3 Å². The molecule has 0 amide bonds. The van der Waals surface area contributed by atoms with Gasteiger partial charge in [-0.15, -0.1) is 0 Å². The average Bonchev–Trinajstić information content (AvgIpc) is 3.07. The Hall–Kier alpha value is -1.38. The molecular formula is C27H42O3. The molecule has 0 aromatic heterocycles. The summed E-state index contributed by atoms with van der Waals surface area (Å²) in [6, 6.07) is 0. The number of ketones is 1. The van der Waals surface area contributed by atoms with Crippen LogP contribution in [0.1, 0.15) is 92.4 Å². The maximum Gasteiger partial charge on any atom is 0.306 e. The molecule has 0 heterocycles. The van der Waals surface area contributed by atoms with Crippen molar-refractivity contribution in [2.75, 3.05) is 0 Å². The largest absolute Gasteiger partial charge is 0.481 e. The van der Waals surface area contributed by atoms with E-state index in [-0.39, 0.29) is 11.7 Å². The van der Waals surface area contributed by atoms with E-state index in [1.165, 1.54) is 31.3 Å². The van der Waals surface area contributed by atoms with Gasteiger partial charge in [0.25, 0.3) is 0 Å². The van der Waals surface area contributed by atoms with Gasteiger partial charge >= 0.3 is 5.97 Å². The number of carbonyl (C=O) groups is 2. The van der Waals surface area contributed by atoms with E-state index in [9.17, 15) is 9.59 Å². The zero-order valence-corrected chi connectivity index (χ0v) is 19.7. The third-order valence-electron chi connectivity index (χ3n) is 9.10. The second-order valence-corrected chi connectivity index (χ2v) is 10.8. The topological polar surface area (TPSA) is 54.4 Å². The predicted molar refractivity (Wildman–Crippen MR) is 122 cm³/mol. The Bertz CT molecular complexity index is 718. The van der Waals surface area contributed by atoms with Crippen LogP contribution in [-0.4, -0.2) is 16.9 Å². The minimum Gasteiger partial charge on any atom is -0.481 e. The first-order valence-electron chi connectivity index (χ1n) is 12.3. The van der Waals surface area contributed by atoms with Gasteiger partial charge in [0.15, 0.2) is 5.78 Å². The molecule has 3 unspecified atom stereocenters. The van der Waals surface area contributed by atoms with Crippen molar-refractivity contribution in [1.82, 2.24) is 0 Å². The molecule has 3 nitrogen and oxygen atoms in total. The van der Waals surface area contributed by atoms with Gasteiger partial charge in [-0.1, -0.05) is 64.7 Å². The van der Waals surface area contributed by atoms with Crippen molar-refractivity contribution in [2.24, 2.45) is 40.9 Å². The van der Waals surface area contributed by atoms with E-state index in [4.69, 9.17) is 5.11 Å². The standard InChI is InChI=1S/C27H42O3/c1-6-21(28)16-20-10-11-23-22(19(20)4)14-15-27(5)24(12-13-25(23)27)17(2)8-7-9-18(3)26(29)30/h11,16-19,22,24-25H,6-10,12-15H2,1-5H3,(H,29,30)/b20-16-/t17?,18-,19-,22?,24-,25?,27-/m1/s1. The van der Waals surface area contributed by atoms with Crippen molar-refractivity contribution in [2.45, 2.75) is 92.4 Å². The van der Waals surface area contributed by atoms with Crippen molar-refractivity contribution in [3.63, 3.8) is 0 Å². The van der Waals surface area contributed by atoms with Gasteiger partial charge in [-0.25, -0.2) is 0 Å². The Balaban J connectivity index is 1.69. The van der Waals surface area contributed by atoms with Gasteiger partial charge in [-0.05, 0) is 79.6 Å². The van der Waals surface area contributed by atoms with E-state index in [0.29, 0.717) is 35.5 Å². The third kappa shape index (κ3) is 4.46. The maximum atomic E-state index is 12.0. The molecular weight excluding hydrogens is 372 g/mol. The minimum atomic E-state index is -0.665. The molecule has 30 heavy (non-hydrogen) atoms. The SMILES string of the molecule is CCC(=O)/C=C1/CC=C2C(CC[C@@]3(C)C2CC[C@@H]3C(C)CCC[C@@H](C)C(=O)O)[C@@H]1C. The Morgan fingerprint density at radius 1 is 1.23 bits per heavy atom. The lowest BCUT2D eigenvalue weighted by atomic mass is 9.55. The van der Waals surface area contributed by atoms with Crippen LogP contribution in [0.4, 0.5) is 0 Å². The van der Waals surface area contributed by atoms with Crippen LogP contribution in [0.5, 0.6) is 0 Å². The number of fused-ring (bicyclic) bond motifs is 3. The minimum absolute atomic E-state index is 0.227. The fraction of sp³-hybridized carbons (Fsp3) is 0.778. The molecule has 3 rings (SSSR count). The fourth-order valence-electron chi connectivity index (χ4n) is 7.08. The summed E-state index contributed by atoms with van der Waals surface area (Å²) in [5.41, 5.74) is 3.43. The van der Waals surface area contributed by atoms with E-state index in [1.54, 1.807) is 5.57 Å². The Labute approximate surface area is 183 Å². The zero-order chi connectivity index (χ0) is 22.1. The molecule has 0 aromatic rings. The van der Waals surface area contributed by atoms with Crippen LogP contribution in [0.2, 0.25) is 0 Å². The number of hydrogen-bond acceptors (Lipinski definition) is 2. The maximum absolute atomic E-state index is 12.0. The summed E-state index contributed by atoms with van der Waals surface area (Å²) in [5.74, 6) is 2.61. The lowest BCUT2D eigenvalue weighted by Crippen LogP contribution is -2.41. The average molecular weight is 415 g/mol. The molecule has 2 fully saturated rings. The van der Waals surface area contributed by atoms with Gasteiger partial charge in [0.05, 0.1) is 5.92 Å². The molecule has 0 radical (unpaired) electrons. The Morgan fingerprint density at radius 3 is 2.63 bits per heavy atom. The second kappa shape index (κ2) is 9.40. The first-order valence-corrected chi connectivity index (χ1v) is 12.3. The summed E-state index contributed by atoms with van der Waals surface area (Å²) in [6.07, 6.45) is 14.1. The summed E-state index contributed by atoms with van der Waals surface area (Å²) in [4.78, 5) is 23.1. The van der Waals surface area contributed by atoms with Gasteiger partial charge in [0, 0.05) is 6.42 Å². The van der Waals surface area contributed by atoms with Gasteiger partial charge in [0.1, 0.15) is 0 Å². The van der Waals surface area contributed by atoms with Gasteiger partial charge < -0.3 is 5.11 Å². The summed E-state index contributed by atoms with van der Waals surface area (Å²) >= 11 is 0. The summed E-state index contributed by atoms with van der Waals surface area (Å²) in [7, 11) is 0. The quantitative estimate of drug-likeness (QED) is 0.350. The molecule has 168 valence electrons. The van der Waals surface area contributed by atoms with E-state index >= 15 is 0 Å². The van der Waals surface area contributed by atoms with Gasteiger partial charge in [-0.2, -0.15) is 0 Å². The fourth-order valence-corrected chi connectivity index (χ4v) is 7.08. The van der Waals surface area contributed by atoms with Crippen LogP contribution in [0.25, 0.3) is 0 Å². The first kappa shape index (κ1) is 23.3. The number of aliphatic carboxylic acids is 1. The summed E-state index contributed by atoms with van der Waals surface area (Å²) < 4.78 is 0. The number of rotatable bonds is 8. The van der Waals surface area contributed by atoms with Crippen LogP contribution < -0.4 is 0 Å². The molecule has 3 aliphatic carbocycles. The molecule has 1 N–H and O–H groups in total. The monoisotopic (exact) mass is 414 g/mol. The number of hydrogen-bond donors (Lipinski definition) is 1. The molecule has 3 aliphatic rings. The number of carboxylic acids is 1. The van der Waals surface area contributed by atoms with E-state index < -0.39 is 5.97 Å². The van der Waals surface area contributed by atoms with Crippen molar-refractivity contribution >= 4 is 11.8 Å². The molecule has 3 heteroatoms. The van der Waals surface area contributed by atoms with E-state index in [0.717, 1.165) is 31.6 Å². The van der Waals surface area contributed by atoms with Crippen LogP contribution in [-0.2, 0) is 9.59 Å². The zero-order valence-electron chi connectivity index (χ0n) is 19.7. The van der Waals surface area contributed by atoms with E-state index in [2.05, 4.69) is 26.8 Å². The Kier molecular flexibility index (Phi) is 7.30. The van der Waals surface area contributed by atoms with Crippen LogP contribution >= 0.6 is 0 Å². The molecule has 0 aliphatic heterocycles. The molecule has 0 aromatic carbocycles. The van der Waals surface area contributed by atoms with E-state index in [1.807, 2.05) is 19.9 Å². The summed E-state index contributed by atoms with van der Waals surface area (Å²) in [6.45, 7) is 11.1. The molecule has 0 spiro atoms. The first-order chi connectivity index (χ1) is 14.2. The predicted octanol–water partition coefficient (Wildman–Crippen LogP) is 6.83. The molecule has 0 saturated heterocycles. The van der Waals surface area contributed by atoms with Gasteiger partial charge in [0.2, 0.25) is 0 Å². The van der Waals surface area contributed by atoms with Crippen LogP contribution in [0.3, 0.4) is 0 Å². The highest BCUT2D eigenvalue weighted by Gasteiger charge is 2.53. The highest BCUT2D eigenvalue weighted by molar-refractivity contribution is 5.90. The van der Waals surface area contributed by atoms with Gasteiger partial charge in [-0.3, -0.25) is 9.59 Å².